The molecule has 0 bridgehead atoms. The molecule has 0 unspecified atom stereocenters. The normalized spacial score (nSPS) is 20.0. The number of piperidine rings is 1. The monoisotopic (exact) mass is 465 g/mol. The molecule has 3 rings (SSSR count). The third kappa shape index (κ3) is 6.84. The molecule has 2 aliphatic rings. The molecule has 180 valence electrons. The van der Waals surface area contributed by atoms with Crippen LogP contribution in [-0.2, 0) is 17.1 Å². The first-order valence-corrected chi connectivity index (χ1v) is 10.9. The lowest BCUT2D eigenvalue weighted by Gasteiger charge is -2.38. The van der Waals surface area contributed by atoms with Crippen LogP contribution in [0.5, 0.6) is 0 Å². The Bertz CT molecular complexity index is 747. The van der Waals surface area contributed by atoms with Crippen LogP contribution in [0.2, 0.25) is 0 Å². The number of benzene rings is 1. The molecule has 2 aliphatic heterocycles. The van der Waals surface area contributed by atoms with Crippen LogP contribution in [0.3, 0.4) is 0 Å². The summed E-state index contributed by atoms with van der Waals surface area (Å²) >= 11 is 0. The Labute approximate surface area is 184 Å². The van der Waals surface area contributed by atoms with E-state index in [4.69, 9.17) is 0 Å². The fourth-order valence-electron chi connectivity index (χ4n) is 4.46. The number of nitrogens with zero attached hydrogens (tertiary/aromatic N) is 3. The van der Waals surface area contributed by atoms with Gasteiger partial charge in [0.2, 0.25) is 0 Å². The first-order valence-electron chi connectivity index (χ1n) is 10.9. The zero-order chi connectivity index (χ0) is 23.5. The summed E-state index contributed by atoms with van der Waals surface area (Å²) in [5, 5.41) is 0. The average Bonchev–Trinajstić information content (AvgIpc) is 2.72. The molecule has 2 fully saturated rings. The second-order valence-electron chi connectivity index (χ2n) is 8.80. The lowest BCUT2D eigenvalue weighted by molar-refractivity contribution is -0.143. The minimum absolute atomic E-state index is 0.0374. The fraction of sp³-hybridized carbons (Fsp3) is 0.682. The van der Waals surface area contributed by atoms with Crippen molar-refractivity contribution in [1.82, 2.24) is 9.80 Å². The Kier molecular flexibility index (Phi) is 7.75. The van der Waals surface area contributed by atoms with Gasteiger partial charge in [-0.3, -0.25) is 14.6 Å². The van der Waals surface area contributed by atoms with E-state index in [1.54, 1.807) is 11.8 Å². The summed E-state index contributed by atoms with van der Waals surface area (Å²) in [4.78, 5) is 17.2. The molecule has 32 heavy (non-hydrogen) atoms. The Morgan fingerprint density at radius 2 is 1.38 bits per heavy atom. The number of anilines is 1. The summed E-state index contributed by atoms with van der Waals surface area (Å²) in [5.41, 5.74) is -2.59. The lowest BCUT2D eigenvalue weighted by atomic mass is 9.93. The van der Waals surface area contributed by atoms with E-state index in [1.165, 1.54) is 0 Å². The third-order valence-electron chi connectivity index (χ3n) is 6.32. The van der Waals surface area contributed by atoms with E-state index in [1.807, 2.05) is 0 Å². The van der Waals surface area contributed by atoms with E-state index in [9.17, 15) is 31.1 Å². The van der Waals surface area contributed by atoms with Crippen molar-refractivity contribution in [2.24, 2.45) is 5.92 Å². The van der Waals surface area contributed by atoms with E-state index in [0.717, 1.165) is 51.0 Å². The number of piperazine rings is 1. The van der Waals surface area contributed by atoms with Gasteiger partial charge in [-0.2, -0.15) is 26.3 Å². The smallest absolute Gasteiger partial charge is 0.369 e. The molecule has 0 amide bonds. The minimum Gasteiger partial charge on any atom is -0.369 e. The summed E-state index contributed by atoms with van der Waals surface area (Å²) in [7, 11) is 0. The molecule has 2 saturated heterocycles. The van der Waals surface area contributed by atoms with Gasteiger partial charge in [0.1, 0.15) is 5.78 Å². The van der Waals surface area contributed by atoms with Crippen molar-refractivity contribution >= 4 is 11.5 Å². The van der Waals surface area contributed by atoms with Gasteiger partial charge in [-0.1, -0.05) is 0 Å². The molecule has 0 aliphatic carbocycles. The Morgan fingerprint density at radius 3 is 1.84 bits per heavy atom. The van der Waals surface area contributed by atoms with Crippen LogP contribution in [0.1, 0.15) is 37.3 Å². The van der Waals surface area contributed by atoms with E-state index >= 15 is 0 Å². The highest BCUT2D eigenvalue weighted by Crippen LogP contribution is 2.38. The van der Waals surface area contributed by atoms with Gasteiger partial charge in [0.05, 0.1) is 17.7 Å². The van der Waals surface area contributed by atoms with Gasteiger partial charge in [-0.05, 0) is 69.9 Å². The molecule has 1 aromatic rings. The highest BCUT2D eigenvalue weighted by atomic mass is 19.4. The van der Waals surface area contributed by atoms with Crippen molar-refractivity contribution in [3.63, 3.8) is 0 Å². The van der Waals surface area contributed by atoms with Crippen molar-refractivity contribution in [2.45, 2.75) is 38.5 Å². The summed E-state index contributed by atoms with van der Waals surface area (Å²) < 4.78 is 78.7. The van der Waals surface area contributed by atoms with Gasteiger partial charge in [0, 0.05) is 31.9 Å². The Hall–Kier alpha value is -1.81. The molecule has 0 radical (unpaired) electrons. The number of likely N-dealkylation sites (tertiary alicyclic amines) is 1. The first kappa shape index (κ1) is 24.8. The van der Waals surface area contributed by atoms with Crippen LogP contribution in [0.25, 0.3) is 0 Å². The molecule has 4 nitrogen and oxygen atoms in total. The predicted octanol–water partition coefficient (Wildman–Crippen LogP) is 4.54. The number of halogens is 6. The molecule has 0 N–H and O–H groups in total. The topological polar surface area (TPSA) is 26.8 Å². The molecule has 0 aromatic heterocycles. The van der Waals surface area contributed by atoms with E-state index in [-0.39, 0.29) is 17.5 Å². The molecule has 2 heterocycles. The summed E-state index contributed by atoms with van der Waals surface area (Å²) in [6.45, 7) is 6.74. The molecular weight excluding hydrogens is 436 g/mol. The van der Waals surface area contributed by atoms with Crippen molar-refractivity contribution in [3.8, 4) is 0 Å². The molecule has 1 aromatic carbocycles. The number of hydrogen-bond donors (Lipinski definition) is 0. The van der Waals surface area contributed by atoms with Crippen LogP contribution < -0.4 is 4.90 Å². The Balaban J connectivity index is 1.52. The minimum atomic E-state index is -4.84. The van der Waals surface area contributed by atoms with Crippen molar-refractivity contribution < 1.29 is 31.1 Å². The van der Waals surface area contributed by atoms with Gasteiger partial charge in [0.15, 0.2) is 0 Å². The number of ketones is 1. The van der Waals surface area contributed by atoms with Gasteiger partial charge in [-0.15, -0.1) is 0 Å². The third-order valence-corrected chi connectivity index (χ3v) is 6.32. The number of hydrogen-bond acceptors (Lipinski definition) is 4. The van der Waals surface area contributed by atoms with E-state index < -0.39 is 23.5 Å². The number of Topliss-reactive ketones (excluding diaryl/α,β-unsaturated/α-hetero) is 1. The Morgan fingerprint density at radius 1 is 0.844 bits per heavy atom. The quantitative estimate of drug-likeness (QED) is 0.577. The maximum Gasteiger partial charge on any atom is 0.416 e. The number of carbonyl (C=O) groups excluding carboxylic acids is 1. The highest BCUT2D eigenvalue weighted by Gasteiger charge is 2.37. The van der Waals surface area contributed by atoms with Gasteiger partial charge >= 0.3 is 12.4 Å². The van der Waals surface area contributed by atoms with Crippen molar-refractivity contribution in [1.29, 1.82) is 0 Å². The zero-order valence-corrected chi connectivity index (χ0v) is 18.1. The summed E-state index contributed by atoms with van der Waals surface area (Å²) in [6.07, 6.45) is -6.58. The van der Waals surface area contributed by atoms with Crippen LogP contribution in [0.4, 0.5) is 32.0 Å². The number of alkyl halides is 6. The van der Waals surface area contributed by atoms with Crippen LogP contribution >= 0.6 is 0 Å². The van der Waals surface area contributed by atoms with Gasteiger partial charge < -0.3 is 4.90 Å². The predicted molar refractivity (Wildman–Crippen MR) is 110 cm³/mol. The standard InChI is InChI=1S/C22H29F6N3O/c1-16(32)15-30-6-3-17(4-7-30)2-5-29-8-10-31(11-9-29)20-13-18(21(23,24)25)12-19(14-20)22(26,27)28/h12-14,17H,2-11,15H2,1H3. The van der Waals surface area contributed by atoms with E-state index in [2.05, 4.69) is 9.80 Å². The van der Waals surface area contributed by atoms with Gasteiger partial charge in [0.25, 0.3) is 0 Å². The molecule has 0 saturated carbocycles. The highest BCUT2D eigenvalue weighted by molar-refractivity contribution is 5.77. The fourth-order valence-corrected chi connectivity index (χ4v) is 4.46. The number of carbonyl (C=O) groups is 1. The summed E-state index contributed by atoms with van der Waals surface area (Å²) in [5.74, 6) is 0.749. The summed E-state index contributed by atoms with van der Waals surface area (Å²) in [6, 6.07) is 1.78. The van der Waals surface area contributed by atoms with Gasteiger partial charge in [-0.25, -0.2) is 0 Å². The molecular formula is C22H29F6N3O. The SMILES string of the molecule is CC(=O)CN1CCC(CCN2CCN(c3cc(C(F)(F)F)cc(C(F)(F)F)c3)CC2)CC1. The maximum atomic E-state index is 13.1. The average molecular weight is 465 g/mol. The van der Waals surface area contributed by atoms with Crippen LogP contribution in [0, 0.1) is 5.92 Å². The maximum absolute atomic E-state index is 13.1. The second kappa shape index (κ2) is 9.99. The zero-order valence-electron chi connectivity index (χ0n) is 18.1. The van der Waals surface area contributed by atoms with Crippen LogP contribution in [0.15, 0.2) is 18.2 Å². The molecule has 0 atom stereocenters. The second-order valence-corrected chi connectivity index (χ2v) is 8.80. The van der Waals surface area contributed by atoms with Crippen molar-refractivity contribution in [2.75, 3.05) is 57.3 Å². The lowest BCUT2D eigenvalue weighted by Crippen LogP contribution is -2.47. The van der Waals surface area contributed by atoms with Crippen molar-refractivity contribution in [3.05, 3.63) is 29.3 Å². The van der Waals surface area contributed by atoms with Crippen LogP contribution in [-0.4, -0.2) is 67.9 Å². The molecule has 10 heteroatoms. The number of rotatable bonds is 6. The first-order chi connectivity index (χ1) is 14.9. The molecule has 0 spiro atoms. The van der Waals surface area contributed by atoms with E-state index in [0.29, 0.717) is 38.6 Å². The largest absolute Gasteiger partial charge is 0.416 e.